The first kappa shape index (κ1) is 20.6. The molecule has 1 amide bonds. The van der Waals surface area contributed by atoms with Gasteiger partial charge in [0.1, 0.15) is 6.04 Å². The lowest BCUT2D eigenvalue weighted by atomic mass is 10.1. The lowest BCUT2D eigenvalue weighted by molar-refractivity contribution is -0.116. The van der Waals surface area contributed by atoms with Crippen molar-refractivity contribution in [3.05, 3.63) is 58.1 Å². The van der Waals surface area contributed by atoms with E-state index in [1.165, 1.54) is 25.1 Å². The van der Waals surface area contributed by atoms with Crippen LogP contribution in [0.2, 0.25) is 10.0 Å². The molecule has 0 aliphatic heterocycles. The number of carbonyl (C=O) groups is 1. The number of benzene rings is 2. The third-order valence-corrected chi connectivity index (χ3v) is 5.50. The highest BCUT2D eigenvalue weighted by atomic mass is 35.5. The second-order valence-corrected chi connectivity index (χ2v) is 8.63. The Bertz CT molecular complexity index is 879. The predicted octanol–water partition coefficient (Wildman–Crippen LogP) is 4.35. The molecule has 26 heavy (non-hydrogen) atoms. The molecule has 0 aromatic heterocycles. The number of rotatable bonds is 6. The molecule has 0 bridgehead atoms. The van der Waals surface area contributed by atoms with Gasteiger partial charge in [-0.3, -0.25) is 9.10 Å². The second-order valence-electron chi connectivity index (χ2n) is 5.90. The molecule has 1 unspecified atom stereocenters. The van der Waals surface area contributed by atoms with Gasteiger partial charge in [0.2, 0.25) is 15.9 Å². The highest BCUT2D eigenvalue weighted by Gasteiger charge is 2.29. The van der Waals surface area contributed by atoms with Gasteiger partial charge in [-0.25, -0.2) is 8.42 Å². The van der Waals surface area contributed by atoms with Crippen LogP contribution in [0.1, 0.15) is 19.4 Å². The van der Waals surface area contributed by atoms with E-state index in [2.05, 4.69) is 5.32 Å². The van der Waals surface area contributed by atoms with Crippen LogP contribution in [0.3, 0.4) is 0 Å². The molecule has 2 aromatic rings. The zero-order chi connectivity index (χ0) is 19.5. The number of nitrogens with one attached hydrogen (secondary N) is 1. The van der Waals surface area contributed by atoms with Crippen LogP contribution in [0.5, 0.6) is 0 Å². The molecule has 0 radical (unpaired) electrons. The smallest absolute Gasteiger partial charge is 0.247 e. The van der Waals surface area contributed by atoms with Gasteiger partial charge >= 0.3 is 0 Å². The molecule has 8 heteroatoms. The Morgan fingerprint density at radius 2 is 1.65 bits per heavy atom. The first-order valence-electron chi connectivity index (χ1n) is 7.97. The topological polar surface area (TPSA) is 66.5 Å². The fourth-order valence-electron chi connectivity index (χ4n) is 2.55. The molecule has 0 aliphatic carbocycles. The van der Waals surface area contributed by atoms with Gasteiger partial charge in [-0.1, -0.05) is 42.3 Å². The molecule has 140 valence electrons. The monoisotopic (exact) mass is 414 g/mol. The number of nitrogens with zero attached hydrogens (tertiary/aromatic N) is 1. The van der Waals surface area contributed by atoms with Gasteiger partial charge in [-0.15, -0.1) is 0 Å². The number of halogens is 2. The molecule has 1 N–H and O–H groups in total. The van der Waals surface area contributed by atoms with E-state index in [9.17, 15) is 13.2 Å². The molecule has 0 saturated carbocycles. The molecule has 5 nitrogen and oxygen atoms in total. The van der Waals surface area contributed by atoms with Crippen LogP contribution in [0.25, 0.3) is 0 Å². The van der Waals surface area contributed by atoms with Crippen molar-refractivity contribution in [3.63, 3.8) is 0 Å². The van der Waals surface area contributed by atoms with Crippen molar-refractivity contribution in [1.29, 1.82) is 0 Å². The molecule has 1 atom stereocenters. The highest BCUT2D eigenvalue weighted by molar-refractivity contribution is 7.92. The van der Waals surface area contributed by atoms with Gasteiger partial charge in [0.25, 0.3) is 0 Å². The van der Waals surface area contributed by atoms with E-state index in [1.807, 2.05) is 19.1 Å². The van der Waals surface area contributed by atoms with Crippen molar-refractivity contribution in [2.75, 3.05) is 15.9 Å². The first-order chi connectivity index (χ1) is 12.1. The standard InChI is InChI=1S/C18H20Cl2N2O3S/c1-4-13-5-7-16(8-6-13)21-18(23)12(2)22(26(3,24)25)17-10-14(19)9-15(20)11-17/h5-12H,4H2,1-3H3,(H,21,23). The van der Waals surface area contributed by atoms with Gasteiger partial charge in [0, 0.05) is 15.7 Å². The first-order valence-corrected chi connectivity index (χ1v) is 10.6. The molecule has 2 aromatic carbocycles. The van der Waals surface area contributed by atoms with Gasteiger partial charge < -0.3 is 5.32 Å². The Balaban J connectivity index is 2.31. The van der Waals surface area contributed by atoms with Crippen LogP contribution in [-0.4, -0.2) is 26.6 Å². The summed E-state index contributed by atoms with van der Waals surface area (Å²) >= 11 is 12.0. The number of amides is 1. The third kappa shape index (κ3) is 5.13. The maximum absolute atomic E-state index is 12.6. The molecule has 0 saturated heterocycles. The van der Waals surface area contributed by atoms with Crippen molar-refractivity contribution in [2.45, 2.75) is 26.3 Å². The summed E-state index contributed by atoms with van der Waals surface area (Å²) in [5.41, 5.74) is 1.97. The number of hydrogen-bond donors (Lipinski definition) is 1. The van der Waals surface area contributed by atoms with Crippen molar-refractivity contribution in [3.8, 4) is 0 Å². The number of aryl methyl sites for hydroxylation is 1. The van der Waals surface area contributed by atoms with E-state index in [4.69, 9.17) is 23.2 Å². The Morgan fingerprint density at radius 3 is 2.12 bits per heavy atom. The predicted molar refractivity (Wildman–Crippen MR) is 108 cm³/mol. The largest absolute Gasteiger partial charge is 0.324 e. The third-order valence-electron chi connectivity index (χ3n) is 3.82. The van der Waals surface area contributed by atoms with Crippen LogP contribution < -0.4 is 9.62 Å². The Labute approximate surface area is 164 Å². The lowest BCUT2D eigenvalue weighted by Crippen LogP contribution is -2.45. The van der Waals surface area contributed by atoms with Crippen LogP contribution in [0.15, 0.2) is 42.5 Å². The van der Waals surface area contributed by atoms with Gasteiger partial charge in [0.05, 0.1) is 11.9 Å². The average Bonchev–Trinajstić information content (AvgIpc) is 2.53. The molecular weight excluding hydrogens is 395 g/mol. The Hall–Kier alpha value is -1.76. The summed E-state index contributed by atoms with van der Waals surface area (Å²) in [5.74, 6) is -0.462. The number of sulfonamides is 1. The zero-order valence-corrected chi connectivity index (χ0v) is 17.0. The van der Waals surface area contributed by atoms with Crippen LogP contribution in [0, 0.1) is 0 Å². The van der Waals surface area contributed by atoms with E-state index in [1.54, 1.807) is 12.1 Å². The van der Waals surface area contributed by atoms with Crippen LogP contribution in [0.4, 0.5) is 11.4 Å². The van der Waals surface area contributed by atoms with E-state index >= 15 is 0 Å². The number of anilines is 2. The van der Waals surface area contributed by atoms with E-state index in [-0.39, 0.29) is 15.7 Å². The van der Waals surface area contributed by atoms with Crippen molar-refractivity contribution < 1.29 is 13.2 Å². The summed E-state index contributed by atoms with van der Waals surface area (Å²) < 4.78 is 25.6. The molecule has 0 aliphatic rings. The summed E-state index contributed by atoms with van der Waals surface area (Å²) in [6.45, 7) is 3.54. The second kappa shape index (κ2) is 8.29. The van der Waals surface area contributed by atoms with Gasteiger partial charge in [0.15, 0.2) is 0 Å². The number of hydrogen-bond acceptors (Lipinski definition) is 3. The summed E-state index contributed by atoms with van der Waals surface area (Å²) in [7, 11) is -3.74. The van der Waals surface area contributed by atoms with Crippen molar-refractivity contribution >= 4 is 50.5 Å². The fraction of sp³-hybridized carbons (Fsp3) is 0.278. The molecular formula is C18H20Cl2N2O3S. The van der Waals surface area contributed by atoms with E-state index < -0.39 is 22.0 Å². The van der Waals surface area contributed by atoms with Gasteiger partial charge in [-0.05, 0) is 49.2 Å². The maximum atomic E-state index is 12.6. The lowest BCUT2D eigenvalue weighted by Gasteiger charge is -2.28. The molecule has 0 spiro atoms. The SMILES string of the molecule is CCc1ccc(NC(=O)C(C)N(c2cc(Cl)cc(Cl)c2)S(C)(=O)=O)cc1. The zero-order valence-electron chi connectivity index (χ0n) is 14.7. The maximum Gasteiger partial charge on any atom is 0.247 e. The van der Waals surface area contributed by atoms with E-state index in [0.29, 0.717) is 5.69 Å². The normalized spacial score (nSPS) is 12.5. The number of carbonyl (C=O) groups excluding carboxylic acids is 1. The Kier molecular flexibility index (Phi) is 6.55. The minimum absolute atomic E-state index is 0.231. The van der Waals surface area contributed by atoms with Crippen molar-refractivity contribution in [2.24, 2.45) is 0 Å². The summed E-state index contributed by atoms with van der Waals surface area (Å²) in [6, 6.07) is 10.8. The average molecular weight is 415 g/mol. The minimum Gasteiger partial charge on any atom is -0.324 e. The van der Waals surface area contributed by atoms with Crippen LogP contribution in [-0.2, 0) is 21.2 Å². The molecule has 0 fully saturated rings. The Morgan fingerprint density at radius 1 is 1.12 bits per heavy atom. The van der Waals surface area contributed by atoms with Gasteiger partial charge in [-0.2, -0.15) is 0 Å². The fourth-order valence-corrected chi connectivity index (χ4v) is 4.22. The van der Waals surface area contributed by atoms with Crippen LogP contribution >= 0.6 is 23.2 Å². The quantitative estimate of drug-likeness (QED) is 0.763. The summed E-state index contributed by atoms with van der Waals surface area (Å²) in [6.07, 6.45) is 1.92. The molecule has 2 rings (SSSR count). The van der Waals surface area contributed by atoms with Crippen molar-refractivity contribution in [1.82, 2.24) is 0 Å². The minimum atomic E-state index is -3.74. The summed E-state index contributed by atoms with van der Waals surface area (Å²) in [5, 5.41) is 3.30. The summed E-state index contributed by atoms with van der Waals surface area (Å²) in [4.78, 5) is 12.6. The van der Waals surface area contributed by atoms with E-state index in [0.717, 1.165) is 22.5 Å². The molecule has 0 heterocycles. The highest BCUT2D eigenvalue weighted by Crippen LogP contribution is 2.29.